The maximum atomic E-state index is 12.7. The number of benzene rings is 2. The van der Waals surface area contributed by atoms with E-state index in [-0.39, 0.29) is 12.1 Å². The zero-order valence-corrected chi connectivity index (χ0v) is 16.2. The quantitative estimate of drug-likeness (QED) is 0.625. The molecule has 0 spiro atoms. The minimum Gasteiger partial charge on any atom is -0.423 e. The van der Waals surface area contributed by atoms with Crippen LogP contribution in [0.5, 0.6) is 5.75 Å². The zero-order valence-electron chi connectivity index (χ0n) is 16.2. The third kappa shape index (κ3) is 3.32. The normalized spacial score (nSPS) is 23.5. The third-order valence-electron chi connectivity index (χ3n) is 5.74. The van der Waals surface area contributed by atoms with Crippen LogP contribution >= 0.6 is 0 Å². The van der Waals surface area contributed by atoms with Crippen molar-refractivity contribution in [1.29, 1.82) is 0 Å². The summed E-state index contributed by atoms with van der Waals surface area (Å²) in [4.78, 5) is 12.7. The lowest BCUT2D eigenvalue weighted by atomic mass is 9.89. The molecule has 0 saturated heterocycles. The SMILES string of the molecule is COC1CCCC1(OC)c1cccc(OC(=O)C2=Cc3ccccc3NC2)c1. The minimum atomic E-state index is -0.498. The topological polar surface area (TPSA) is 56.8 Å². The van der Waals surface area contributed by atoms with Gasteiger partial charge in [0, 0.05) is 26.5 Å². The summed E-state index contributed by atoms with van der Waals surface area (Å²) in [6, 6.07) is 15.5. The largest absolute Gasteiger partial charge is 0.423 e. The molecule has 28 heavy (non-hydrogen) atoms. The molecule has 2 atom stereocenters. The Morgan fingerprint density at radius 2 is 2.00 bits per heavy atom. The number of hydrogen-bond acceptors (Lipinski definition) is 5. The van der Waals surface area contributed by atoms with Gasteiger partial charge in [0.25, 0.3) is 0 Å². The number of methoxy groups -OCH3 is 2. The summed E-state index contributed by atoms with van der Waals surface area (Å²) in [5.74, 6) is 0.167. The first-order valence-electron chi connectivity index (χ1n) is 9.60. The van der Waals surface area contributed by atoms with Gasteiger partial charge in [-0.3, -0.25) is 0 Å². The Balaban J connectivity index is 1.56. The lowest BCUT2D eigenvalue weighted by molar-refractivity contribution is -0.130. The lowest BCUT2D eigenvalue weighted by Crippen LogP contribution is -2.38. The number of fused-ring (bicyclic) bond motifs is 1. The standard InChI is InChI=1S/C23H25NO4/c1-26-21-11-6-12-23(21,27-2)18-8-5-9-19(14-18)28-22(25)17-13-16-7-3-4-10-20(16)24-15-17/h3-5,7-10,13-14,21,24H,6,11-12,15H2,1-2H3. The van der Waals surface area contributed by atoms with E-state index in [2.05, 4.69) is 5.32 Å². The van der Waals surface area contributed by atoms with Gasteiger partial charge in [0.05, 0.1) is 11.7 Å². The molecule has 2 unspecified atom stereocenters. The van der Waals surface area contributed by atoms with Gasteiger partial charge in [-0.25, -0.2) is 4.79 Å². The summed E-state index contributed by atoms with van der Waals surface area (Å²) in [5.41, 5.74) is 3.09. The number of hydrogen-bond donors (Lipinski definition) is 1. The maximum Gasteiger partial charge on any atom is 0.341 e. The van der Waals surface area contributed by atoms with Gasteiger partial charge in [-0.1, -0.05) is 30.3 Å². The van der Waals surface area contributed by atoms with Crippen molar-refractivity contribution in [3.8, 4) is 5.75 Å². The van der Waals surface area contributed by atoms with E-state index < -0.39 is 5.60 Å². The van der Waals surface area contributed by atoms with Crippen LogP contribution in [-0.2, 0) is 19.9 Å². The molecule has 5 nitrogen and oxygen atoms in total. The fourth-order valence-electron chi connectivity index (χ4n) is 4.27. The molecule has 1 aliphatic heterocycles. The summed E-state index contributed by atoms with van der Waals surface area (Å²) in [7, 11) is 3.43. The van der Waals surface area contributed by atoms with Gasteiger partial charge < -0.3 is 19.5 Å². The zero-order chi connectivity index (χ0) is 19.6. The average Bonchev–Trinajstić information content (AvgIpc) is 3.18. The van der Waals surface area contributed by atoms with E-state index in [4.69, 9.17) is 14.2 Å². The van der Waals surface area contributed by atoms with Crippen molar-refractivity contribution in [3.05, 3.63) is 65.2 Å². The Morgan fingerprint density at radius 3 is 2.82 bits per heavy atom. The molecule has 5 heteroatoms. The van der Waals surface area contributed by atoms with E-state index in [0.29, 0.717) is 17.9 Å². The van der Waals surface area contributed by atoms with Gasteiger partial charge in [-0.05, 0) is 54.7 Å². The fraction of sp³-hybridized carbons (Fsp3) is 0.348. The van der Waals surface area contributed by atoms with Crippen LogP contribution in [0.1, 0.15) is 30.4 Å². The second-order valence-electron chi connectivity index (χ2n) is 7.24. The summed E-state index contributed by atoms with van der Waals surface area (Å²) in [6.45, 7) is 0.448. The number of carbonyl (C=O) groups is 1. The van der Waals surface area contributed by atoms with E-state index >= 15 is 0 Å². The molecule has 1 heterocycles. The van der Waals surface area contributed by atoms with Crippen molar-refractivity contribution in [2.24, 2.45) is 0 Å². The number of esters is 1. The van der Waals surface area contributed by atoms with E-state index in [1.165, 1.54) is 0 Å². The Morgan fingerprint density at radius 1 is 1.14 bits per heavy atom. The lowest BCUT2D eigenvalue weighted by Gasteiger charge is -2.34. The molecular formula is C23H25NO4. The van der Waals surface area contributed by atoms with Crippen LogP contribution in [0.3, 0.4) is 0 Å². The van der Waals surface area contributed by atoms with Crippen molar-refractivity contribution in [2.75, 3.05) is 26.1 Å². The summed E-state index contributed by atoms with van der Waals surface area (Å²) in [5, 5.41) is 3.26. The molecular weight excluding hydrogens is 354 g/mol. The fourth-order valence-corrected chi connectivity index (χ4v) is 4.27. The summed E-state index contributed by atoms with van der Waals surface area (Å²) in [6.07, 6.45) is 4.74. The van der Waals surface area contributed by atoms with Gasteiger partial charge in [0.1, 0.15) is 11.4 Å². The number of carbonyl (C=O) groups excluding carboxylic acids is 1. The maximum absolute atomic E-state index is 12.7. The highest BCUT2D eigenvalue weighted by atomic mass is 16.5. The molecule has 1 saturated carbocycles. The predicted molar refractivity (Wildman–Crippen MR) is 108 cm³/mol. The predicted octanol–water partition coefficient (Wildman–Crippen LogP) is 4.14. The van der Waals surface area contributed by atoms with Gasteiger partial charge in [0.2, 0.25) is 0 Å². The second kappa shape index (κ2) is 7.78. The molecule has 2 aromatic carbocycles. The average molecular weight is 379 g/mol. The van der Waals surface area contributed by atoms with Crippen molar-refractivity contribution in [3.63, 3.8) is 0 Å². The molecule has 0 amide bonds. The molecule has 4 rings (SSSR count). The first kappa shape index (κ1) is 18.7. The molecule has 1 fully saturated rings. The third-order valence-corrected chi connectivity index (χ3v) is 5.74. The first-order chi connectivity index (χ1) is 13.7. The van der Waals surface area contributed by atoms with Crippen LogP contribution in [-0.4, -0.2) is 32.8 Å². The Bertz CT molecular complexity index is 907. The van der Waals surface area contributed by atoms with Gasteiger partial charge >= 0.3 is 5.97 Å². The first-order valence-corrected chi connectivity index (χ1v) is 9.60. The van der Waals surface area contributed by atoms with Gasteiger partial charge in [-0.2, -0.15) is 0 Å². The molecule has 2 aliphatic rings. The number of para-hydroxylation sites is 1. The van der Waals surface area contributed by atoms with Crippen molar-refractivity contribution in [2.45, 2.75) is 31.0 Å². The van der Waals surface area contributed by atoms with Crippen LogP contribution in [0.2, 0.25) is 0 Å². The number of rotatable bonds is 5. The molecule has 1 aliphatic carbocycles. The highest BCUT2D eigenvalue weighted by molar-refractivity contribution is 5.98. The summed E-state index contributed by atoms with van der Waals surface area (Å²) < 4.78 is 17.3. The van der Waals surface area contributed by atoms with E-state index in [1.54, 1.807) is 20.3 Å². The number of ether oxygens (including phenoxy) is 3. The molecule has 146 valence electrons. The van der Waals surface area contributed by atoms with Crippen molar-refractivity contribution >= 4 is 17.7 Å². The monoisotopic (exact) mass is 379 g/mol. The van der Waals surface area contributed by atoms with Gasteiger partial charge in [0.15, 0.2) is 0 Å². The van der Waals surface area contributed by atoms with Crippen molar-refractivity contribution < 1.29 is 19.0 Å². The molecule has 1 N–H and O–H groups in total. The molecule has 0 bridgehead atoms. The Hall–Kier alpha value is -2.63. The number of anilines is 1. The van der Waals surface area contributed by atoms with Crippen LogP contribution in [0.25, 0.3) is 6.08 Å². The Kier molecular flexibility index (Phi) is 5.20. The van der Waals surface area contributed by atoms with E-state index in [0.717, 1.165) is 36.1 Å². The second-order valence-corrected chi connectivity index (χ2v) is 7.24. The summed E-state index contributed by atoms with van der Waals surface area (Å²) >= 11 is 0. The highest BCUT2D eigenvalue weighted by Gasteiger charge is 2.45. The molecule has 0 aromatic heterocycles. The van der Waals surface area contributed by atoms with Gasteiger partial charge in [-0.15, -0.1) is 0 Å². The van der Waals surface area contributed by atoms with Crippen LogP contribution in [0.15, 0.2) is 54.1 Å². The molecule has 2 aromatic rings. The van der Waals surface area contributed by atoms with Crippen molar-refractivity contribution in [1.82, 2.24) is 0 Å². The Labute approximate surface area is 165 Å². The van der Waals surface area contributed by atoms with Crippen LogP contribution in [0, 0.1) is 0 Å². The smallest absolute Gasteiger partial charge is 0.341 e. The van der Waals surface area contributed by atoms with E-state index in [1.807, 2.05) is 48.5 Å². The van der Waals surface area contributed by atoms with Crippen LogP contribution in [0.4, 0.5) is 5.69 Å². The minimum absolute atomic E-state index is 0.00907. The van der Waals surface area contributed by atoms with Crippen LogP contribution < -0.4 is 10.1 Å². The highest BCUT2D eigenvalue weighted by Crippen LogP contribution is 2.44. The molecule has 0 radical (unpaired) electrons. The number of nitrogens with one attached hydrogen (secondary N) is 1. The van der Waals surface area contributed by atoms with E-state index in [9.17, 15) is 4.79 Å².